The van der Waals surface area contributed by atoms with Crippen molar-refractivity contribution >= 4 is 28.8 Å². The molecule has 1 aromatic rings. The number of hydrogen-bond donors (Lipinski definition) is 1. The number of nitrogens with zero attached hydrogens (tertiary/aromatic N) is 1. The number of hydrogen-bond acceptors (Lipinski definition) is 3. The second-order valence-electron chi connectivity index (χ2n) is 2.02. The van der Waals surface area contributed by atoms with Gasteiger partial charge >= 0.3 is 0 Å². The SMILES string of the molecule is CN(N)C(=O)c1ccc(Cl)s1. The fourth-order valence-electron chi connectivity index (χ4n) is 0.603. The topological polar surface area (TPSA) is 46.3 Å². The minimum Gasteiger partial charge on any atom is -0.279 e. The van der Waals surface area contributed by atoms with Crippen molar-refractivity contribution in [2.45, 2.75) is 0 Å². The summed E-state index contributed by atoms with van der Waals surface area (Å²) < 4.78 is 0.593. The lowest BCUT2D eigenvalue weighted by Crippen LogP contribution is -2.32. The van der Waals surface area contributed by atoms with E-state index in [4.69, 9.17) is 17.4 Å². The Labute approximate surface area is 73.3 Å². The molecule has 1 heterocycles. The van der Waals surface area contributed by atoms with Crippen LogP contribution in [-0.4, -0.2) is 18.0 Å². The Bertz CT molecular complexity index is 271. The molecule has 0 aromatic carbocycles. The van der Waals surface area contributed by atoms with E-state index in [1.807, 2.05) is 0 Å². The lowest BCUT2D eigenvalue weighted by Gasteiger charge is -2.06. The number of rotatable bonds is 1. The number of carbonyl (C=O) groups excluding carboxylic acids is 1. The molecule has 1 rings (SSSR count). The highest BCUT2D eigenvalue weighted by Gasteiger charge is 2.09. The first-order valence-corrected chi connectivity index (χ1v) is 4.09. The van der Waals surface area contributed by atoms with Crippen molar-refractivity contribution in [1.82, 2.24) is 5.01 Å². The monoisotopic (exact) mass is 190 g/mol. The number of thiophene rings is 1. The molecular formula is C6H7ClN2OS. The lowest BCUT2D eigenvalue weighted by molar-refractivity contribution is 0.0800. The standard InChI is InChI=1S/C6H7ClN2OS/c1-9(8)6(10)4-2-3-5(7)11-4/h2-3H,8H2,1H3. The Morgan fingerprint density at radius 2 is 2.36 bits per heavy atom. The van der Waals surface area contributed by atoms with Crippen LogP contribution in [0.4, 0.5) is 0 Å². The van der Waals surface area contributed by atoms with Gasteiger partial charge in [0.15, 0.2) is 0 Å². The van der Waals surface area contributed by atoms with Gasteiger partial charge < -0.3 is 0 Å². The van der Waals surface area contributed by atoms with E-state index in [1.165, 1.54) is 18.4 Å². The molecule has 0 aliphatic rings. The maximum atomic E-state index is 11.1. The van der Waals surface area contributed by atoms with Crippen molar-refractivity contribution < 1.29 is 4.79 Å². The first-order chi connectivity index (χ1) is 5.11. The minimum atomic E-state index is -0.220. The van der Waals surface area contributed by atoms with Gasteiger partial charge in [0.2, 0.25) is 0 Å². The van der Waals surface area contributed by atoms with E-state index >= 15 is 0 Å². The highest BCUT2D eigenvalue weighted by atomic mass is 35.5. The van der Waals surface area contributed by atoms with Crippen LogP contribution in [0.2, 0.25) is 4.34 Å². The van der Waals surface area contributed by atoms with Crippen LogP contribution < -0.4 is 5.84 Å². The predicted octanol–water partition coefficient (Wildman–Crippen LogP) is 1.35. The number of hydrazine groups is 1. The molecule has 0 saturated carbocycles. The van der Waals surface area contributed by atoms with Crippen molar-refractivity contribution in [3.05, 3.63) is 21.3 Å². The Balaban J connectivity index is 2.85. The van der Waals surface area contributed by atoms with Gasteiger partial charge in [-0.2, -0.15) is 0 Å². The summed E-state index contributed by atoms with van der Waals surface area (Å²) in [4.78, 5) is 11.7. The van der Waals surface area contributed by atoms with Crippen LogP contribution in [0.15, 0.2) is 12.1 Å². The summed E-state index contributed by atoms with van der Waals surface area (Å²) in [5, 5.41) is 1.03. The fraction of sp³-hybridized carbons (Fsp3) is 0.167. The zero-order chi connectivity index (χ0) is 8.43. The van der Waals surface area contributed by atoms with Crippen LogP contribution in [0, 0.1) is 0 Å². The number of halogens is 1. The smallest absolute Gasteiger partial charge is 0.277 e. The zero-order valence-electron chi connectivity index (χ0n) is 5.87. The van der Waals surface area contributed by atoms with Crippen molar-refractivity contribution in [3.63, 3.8) is 0 Å². The number of carbonyl (C=O) groups is 1. The molecule has 0 unspecified atom stereocenters. The molecule has 0 radical (unpaired) electrons. The van der Waals surface area contributed by atoms with E-state index < -0.39 is 0 Å². The van der Waals surface area contributed by atoms with Gasteiger partial charge in [-0.05, 0) is 12.1 Å². The van der Waals surface area contributed by atoms with Crippen LogP contribution in [-0.2, 0) is 0 Å². The molecule has 0 aliphatic carbocycles. The van der Waals surface area contributed by atoms with Crippen molar-refractivity contribution in [2.24, 2.45) is 5.84 Å². The molecule has 2 N–H and O–H groups in total. The third kappa shape index (κ3) is 1.92. The quantitative estimate of drug-likeness (QED) is 0.413. The second-order valence-corrected chi connectivity index (χ2v) is 3.73. The molecule has 0 fully saturated rings. The molecule has 0 aliphatic heterocycles. The predicted molar refractivity (Wildman–Crippen MR) is 45.6 cm³/mol. The van der Waals surface area contributed by atoms with E-state index in [2.05, 4.69) is 0 Å². The summed E-state index contributed by atoms with van der Waals surface area (Å²) in [6.07, 6.45) is 0. The average molecular weight is 191 g/mol. The first kappa shape index (κ1) is 8.52. The average Bonchev–Trinajstić information content (AvgIpc) is 2.34. The van der Waals surface area contributed by atoms with Gasteiger partial charge in [-0.1, -0.05) is 11.6 Å². The molecular weight excluding hydrogens is 184 g/mol. The van der Waals surface area contributed by atoms with Gasteiger partial charge in [0, 0.05) is 7.05 Å². The van der Waals surface area contributed by atoms with Gasteiger partial charge in [-0.25, -0.2) is 5.84 Å². The van der Waals surface area contributed by atoms with E-state index in [0.29, 0.717) is 9.21 Å². The Hall–Kier alpha value is -0.580. The summed E-state index contributed by atoms with van der Waals surface area (Å²) in [6.45, 7) is 0. The normalized spacial score (nSPS) is 9.73. The van der Waals surface area contributed by atoms with Gasteiger partial charge in [-0.15, -0.1) is 11.3 Å². The van der Waals surface area contributed by atoms with Gasteiger partial charge in [0.1, 0.15) is 0 Å². The largest absolute Gasteiger partial charge is 0.279 e. The maximum Gasteiger partial charge on any atom is 0.277 e. The number of amides is 1. The molecule has 0 atom stereocenters. The molecule has 11 heavy (non-hydrogen) atoms. The van der Waals surface area contributed by atoms with Gasteiger partial charge in [0.25, 0.3) is 5.91 Å². The summed E-state index contributed by atoms with van der Waals surface area (Å²) in [6, 6.07) is 3.32. The molecule has 1 aromatic heterocycles. The maximum absolute atomic E-state index is 11.1. The summed E-state index contributed by atoms with van der Waals surface area (Å²) in [5.41, 5.74) is 0. The minimum absolute atomic E-state index is 0.220. The van der Waals surface area contributed by atoms with E-state index in [1.54, 1.807) is 12.1 Å². The molecule has 1 amide bonds. The van der Waals surface area contributed by atoms with Crippen LogP contribution in [0.25, 0.3) is 0 Å². The molecule has 0 bridgehead atoms. The third-order valence-electron chi connectivity index (χ3n) is 1.10. The molecule has 3 nitrogen and oxygen atoms in total. The molecule has 0 spiro atoms. The van der Waals surface area contributed by atoms with Crippen molar-refractivity contribution in [1.29, 1.82) is 0 Å². The van der Waals surface area contributed by atoms with Crippen molar-refractivity contribution in [3.8, 4) is 0 Å². The Morgan fingerprint density at radius 1 is 1.73 bits per heavy atom. The summed E-state index contributed by atoms with van der Waals surface area (Å²) >= 11 is 6.83. The van der Waals surface area contributed by atoms with Gasteiger partial charge in [-0.3, -0.25) is 9.80 Å². The Morgan fingerprint density at radius 3 is 2.73 bits per heavy atom. The second kappa shape index (κ2) is 3.21. The van der Waals surface area contributed by atoms with Crippen LogP contribution >= 0.6 is 22.9 Å². The van der Waals surface area contributed by atoms with Gasteiger partial charge in [0.05, 0.1) is 9.21 Å². The van der Waals surface area contributed by atoms with Crippen molar-refractivity contribution in [2.75, 3.05) is 7.05 Å². The first-order valence-electron chi connectivity index (χ1n) is 2.89. The molecule has 60 valence electrons. The number of nitrogens with two attached hydrogens (primary N) is 1. The summed E-state index contributed by atoms with van der Waals surface area (Å²) in [5.74, 6) is 5.00. The van der Waals surface area contributed by atoms with Crippen LogP contribution in [0.3, 0.4) is 0 Å². The Kier molecular flexibility index (Phi) is 2.49. The lowest BCUT2D eigenvalue weighted by atomic mass is 10.4. The summed E-state index contributed by atoms with van der Waals surface area (Å²) in [7, 11) is 1.50. The zero-order valence-corrected chi connectivity index (χ0v) is 7.45. The van der Waals surface area contributed by atoms with Crippen LogP contribution in [0.5, 0.6) is 0 Å². The highest BCUT2D eigenvalue weighted by molar-refractivity contribution is 7.17. The third-order valence-corrected chi connectivity index (χ3v) is 2.32. The van der Waals surface area contributed by atoms with E-state index in [9.17, 15) is 4.79 Å². The van der Waals surface area contributed by atoms with Crippen LogP contribution in [0.1, 0.15) is 9.67 Å². The highest BCUT2D eigenvalue weighted by Crippen LogP contribution is 2.21. The molecule has 0 saturated heterocycles. The van der Waals surface area contributed by atoms with E-state index in [0.717, 1.165) is 5.01 Å². The van der Waals surface area contributed by atoms with E-state index in [-0.39, 0.29) is 5.91 Å². The molecule has 5 heteroatoms. The fourth-order valence-corrected chi connectivity index (χ4v) is 1.63.